The van der Waals surface area contributed by atoms with Crippen LogP contribution in [0.25, 0.3) is 5.69 Å². The van der Waals surface area contributed by atoms with Crippen molar-refractivity contribution in [1.29, 1.82) is 0 Å². The van der Waals surface area contributed by atoms with Crippen molar-refractivity contribution >= 4 is 5.91 Å². The summed E-state index contributed by atoms with van der Waals surface area (Å²) in [6.07, 6.45) is 1.43. The van der Waals surface area contributed by atoms with E-state index in [0.29, 0.717) is 12.5 Å². The van der Waals surface area contributed by atoms with Gasteiger partial charge in [0.05, 0.1) is 18.5 Å². The van der Waals surface area contributed by atoms with Crippen LogP contribution in [0.3, 0.4) is 0 Å². The number of amides is 1. The van der Waals surface area contributed by atoms with Crippen molar-refractivity contribution in [3.8, 4) is 11.4 Å². The van der Waals surface area contributed by atoms with Gasteiger partial charge in [0.2, 0.25) is 0 Å². The van der Waals surface area contributed by atoms with Gasteiger partial charge in [0.15, 0.2) is 11.4 Å². The molecule has 2 aromatic rings. The standard InChI is InChI=1S/C17H23N3O3/c1-4-19(8-9-21)17(23)16-15(22)11-20(18-16)14-7-5-6-13(10-14)12(2)3/h5-7,10-12,21-22H,4,8-9H2,1-3H3. The molecular weight excluding hydrogens is 294 g/mol. The molecule has 124 valence electrons. The number of likely N-dealkylation sites (N-methyl/N-ethyl adjacent to an activating group) is 1. The first-order valence-corrected chi connectivity index (χ1v) is 7.77. The maximum absolute atomic E-state index is 12.4. The molecule has 0 aliphatic heterocycles. The molecule has 2 rings (SSSR count). The molecule has 0 saturated carbocycles. The van der Waals surface area contributed by atoms with E-state index < -0.39 is 5.91 Å². The maximum atomic E-state index is 12.4. The second-order valence-corrected chi connectivity index (χ2v) is 5.67. The topological polar surface area (TPSA) is 78.6 Å². The number of hydrogen-bond donors (Lipinski definition) is 2. The summed E-state index contributed by atoms with van der Waals surface area (Å²) >= 11 is 0. The lowest BCUT2D eigenvalue weighted by molar-refractivity contribution is 0.0722. The van der Waals surface area contributed by atoms with Gasteiger partial charge < -0.3 is 15.1 Å². The average Bonchev–Trinajstić information content (AvgIpc) is 2.94. The quantitative estimate of drug-likeness (QED) is 0.856. The molecule has 1 amide bonds. The first-order chi connectivity index (χ1) is 11.0. The molecule has 6 heteroatoms. The summed E-state index contributed by atoms with van der Waals surface area (Å²) in [5, 5.41) is 23.3. The zero-order valence-electron chi connectivity index (χ0n) is 13.7. The van der Waals surface area contributed by atoms with Crippen molar-refractivity contribution in [2.75, 3.05) is 19.7 Å². The third-order valence-electron chi connectivity index (χ3n) is 3.74. The molecule has 0 aliphatic carbocycles. The molecule has 0 bridgehead atoms. The number of nitrogens with zero attached hydrogens (tertiary/aromatic N) is 3. The monoisotopic (exact) mass is 317 g/mol. The van der Waals surface area contributed by atoms with Gasteiger partial charge in [0, 0.05) is 13.1 Å². The summed E-state index contributed by atoms with van der Waals surface area (Å²) in [4.78, 5) is 13.8. The Balaban J connectivity index is 2.34. The van der Waals surface area contributed by atoms with E-state index in [-0.39, 0.29) is 24.6 Å². The van der Waals surface area contributed by atoms with Crippen LogP contribution < -0.4 is 0 Å². The van der Waals surface area contributed by atoms with Crippen molar-refractivity contribution in [2.45, 2.75) is 26.7 Å². The Morgan fingerprint density at radius 2 is 2.13 bits per heavy atom. The molecule has 0 atom stereocenters. The number of carbonyl (C=O) groups excluding carboxylic acids is 1. The predicted molar refractivity (Wildman–Crippen MR) is 88.0 cm³/mol. The number of hydrogen-bond acceptors (Lipinski definition) is 4. The molecule has 0 radical (unpaired) electrons. The van der Waals surface area contributed by atoms with Crippen LogP contribution in [0.1, 0.15) is 42.7 Å². The van der Waals surface area contributed by atoms with Gasteiger partial charge in [-0.15, -0.1) is 0 Å². The highest BCUT2D eigenvalue weighted by Crippen LogP contribution is 2.22. The highest BCUT2D eigenvalue weighted by atomic mass is 16.3. The third kappa shape index (κ3) is 3.71. The molecule has 2 N–H and O–H groups in total. The number of aliphatic hydroxyl groups is 1. The molecule has 0 spiro atoms. The number of carbonyl (C=O) groups is 1. The summed E-state index contributed by atoms with van der Waals surface area (Å²) in [6.45, 7) is 6.54. The van der Waals surface area contributed by atoms with Crippen LogP contribution in [0, 0.1) is 0 Å². The van der Waals surface area contributed by atoms with Crippen LogP contribution in [0.2, 0.25) is 0 Å². The molecule has 0 aliphatic rings. The Kier molecular flexibility index (Phi) is 5.39. The number of aliphatic hydroxyl groups excluding tert-OH is 1. The fourth-order valence-corrected chi connectivity index (χ4v) is 2.35. The van der Waals surface area contributed by atoms with E-state index >= 15 is 0 Å². The van der Waals surface area contributed by atoms with Crippen LogP contribution in [-0.4, -0.2) is 50.5 Å². The van der Waals surface area contributed by atoms with Crippen molar-refractivity contribution in [1.82, 2.24) is 14.7 Å². The minimum atomic E-state index is -0.391. The largest absolute Gasteiger partial charge is 0.504 e. The Hall–Kier alpha value is -2.34. The van der Waals surface area contributed by atoms with Gasteiger partial charge in [-0.2, -0.15) is 5.10 Å². The minimum absolute atomic E-state index is 0.00440. The van der Waals surface area contributed by atoms with E-state index in [9.17, 15) is 9.90 Å². The van der Waals surface area contributed by atoms with Gasteiger partial charge in [-0.25, -0.2) is 4.68 Å². The lowest BCUT2D eigenvalue weighted by Gasteiger charge is -2.18. The van der Waals surface area contributed by atoms with Crippen molar-refractivity contribution in [3.05, 3.63) is 41.7 Å². The number of aromatic hydroxyl groups is 1. The minimum Gasteiger partial charge on any atom is -0.504 e. The molecule has 1 aromatic heterocycles. The highest BCUT2D eigenvalue weighted by molar-refractivity contribution is 5.94. The third-order valence-corrected chi connectivity index (χ3v) is 3.74. The van der Waals surface area contributed by atoms with Crippen molar-refractivity contribution in [3.63, 3.8) is 0 Å². The van der Waals surface area contributed by atoms with Gasteiger partial charge in [-0.1, -0.05) is 26.0 Å². The fourth-order valence-electron chi connectivity index (χ4n) is 2.35. The summed E-state index contributed by atoms with van der Waals surface area (Å²) in [6, 6.07) is 7.81. The van der Waals surface area contributed by atoms with E-state index in [4.69, 9.17) is 5.11 Å². The van der Waals surface area contributed by atoms with E-state index in [0.717, 1.165) is 11.3 Å². The Labute approximate surface area is 136 Å². The first kappa shape index (κ1) is 17.0. The van der Waals surface area contributed by atoms with Crippen LogP contribution in [0.15, 0.2) is 30.5 Å². The Morgan fingerprint density at radius 1 is 1.39 bits per heavy atom. The van der Waals surface area contributed by atoms with Crippen LogP contribution in [-0.2, 0) is 0 Å². The molecule has 1 heterocycles. The molecule has 0 fully saturated rings. The lowest BCUT2D eigenvalue weighted by Crippen LogP contribution is -2.33. The number of rotatable bonds is 6. The summed E-state index contributed by atoms with van der Waals surface area (Å²) in [5.41, 5.74) is 1.94. The molecule has 1 aromatic carbocycles. The Bertz CT molecular complexity index is 679. The highest BCUT2D eigenvalue weighted by Gasteiger charge is 2.22. The molecule has 0 unspecified atom stereocenters. The zero-order valence-corrected chi connectivity index (χ0v) is 13.7. The predicted octanol–water partition coefficient (Wildman–Crippen LogP) is 2.16. The molecule has 6 nitrogen and oxygen atoms in total. The zero-order chi connectivity index (χ0) is 17.0. The van der Waals surface area contributed by atoms with Gasteiger partial charge in [0.25, 0.3) is 5.91 Å². The van der Waals surface area contributed by atoms with Crippen LogP contribution in [0.4, 0.5) is 0 Å². The maximum Gasteiger partial charge on any atom is 0.278 e. The van der Waals surface area contributed by atoms with Gasteiger partial charge in [0.1, 0.15) is 0 Å². The average molecular weight is 317 g/mol. The summed E-state index contributed by atoms with van der Waals surface area (Å²) < 4.78 is 1.50. The van der Waals surface area contributed by atoms with Crippen LogP contribution >= 0.6 is 0 Å². The van der Waals surface area contributed by atoms with Crippen molar-refractivity contribution < 1.29 is 15.0 Å². The van der Waals surface area contributed by atoms with Crippen molar-refractivity contribution in [2.24, 2.45) is 0 Å². The van der Waals surface area contributed by atoms with E-state index in [2.05, 4.69) is 18.9 Å². The summed E-state index contributed by atoms with van der Waals surface area (Å²) in [7, 11) is 0. The SMILES string of the molecule is CCN(CCO)C(=O)c1nn(-c2cccc(C(C)C)c2)cc1O. The molecular formula is C17H23N3O3. The number of benzene rings is 1. The molecule has 23 heavy (non-hydrogen) atoms. The van der Waals surface area contributed by atoms with Gasteiger partial charge in [-0.3, -0.25) is 4.79 Å². The second kappa shape index (κ2) is 7.28. The van der Waals surface area contributed by atoms with E-state index in [1.807, 2.05) is 31.2 Å². The van der Waals surface area contributed by atoms with Crippen LogP contribution in [0.5, 0.6) is 5.75 Å². The second-order valence-electron chi connectivity index (χ2n) is 5.67. The Morgan fingerprint density at radius 3 is 2.74 bits per heavy atom. The smallest absolute Gasteiger partial charge is 0.278 e. The normalized spacial score (nSPS) is 11.0. The van der Waals surface area contributed by atoms with E-state index in [1.54, 1.807) is 0 Å². The summed E-state index contributed by atoms with van der Waals surface area (Å²) in [5.74, 6) is -0.181. The fraction of sp³-hybridized carbons (Fsp3) is 0.412. The first-order valence-electron chi connectivity index (χ1n) is 7.77. The van der Waals surface area contributed by atoms with Gasteiger partial charge in [-0.05, 0) is 30.5 Å². The lowest BCUT2D eigenvalue weighted by atomic mass is 10.0. The van der Waals surface area contributed by atoms with E-state index in [1.165, 1.54) is 15.8 Å². The number of aromatic nitrogens is 2. The van der Waals surface area contributed by atoms with Gasteiger partial charge >= 0.3 is 0 Å². The molecule has 0 saturated heterocycles.